The predicted molar refractivity (Wildman–Crippen MR) is 112 cm³/mol. The second-order valence-electron chi connectivity index (χ2n) is 6.45. The van der Waals surface area contributed by atoms with Crippen molar-refractivity contribution in [2.45, 2.75) is 34.1 Å². The Morgan fingerprint density at radius 3 is 1.57 bits per heavy atom. The molecular weight excluding hydrogens is 358 g/mol. The molecule has 3 rings (SSSR count). The molecule has 1 aliphatic rings. The molecule has 7 nitrogen and oxygen atoms in total. The molecule has 0 spiro atoms. The first-order valence-electron chi connectivity index (χ1n) is 9.70. The molecule has 0 aromatic heterocycles. The minimum atomic E-state index is -1.50. The quantitative estimate of drug-likeness (QED) is 0.487. The smallest absolute Gasteiger partial charge is 0.291 e. The Morgan fingerprint density at radius 2 is 1.25 bits per heavy atom. The standard InChI is InChI=1S/C21H28N2O.HNO3/c1-5-22(6-2)18-11-9-16-13-17-10-12-19(23(7-3)8-4)15-21(17)24-20(16)14-18;2-1(3)4/h9-12,14-15H,5-8,13H2,1-4H3;(H,2,3,4). The fourth-order valence-corrected chi connectivity index (χ4v) is 3.46. The van der Waals surface area contributed by atoms with Gasteiger partial charge in [-0.05, 0) is 51.0 Å². The van der Waals surface area contributed by atoms with Crippen molar-refractivity contribution in [1.82, 2.24) is 0 Å². The summed E-state index contributed by atoms with van der Waals surface area (Å²) in [5, 5.41) is 13.6. The van der Waals surface area contributed by atoms with E-state index in [9.17, 15) is 0 Å². The molecule has 0 saturated carbocycles. The number of ether oxygens (including phenoxy) is 1. The maximum Gasteiger partial charge on any atom is 0.291 e. The highest BCUT2D eigenvalue weighted by molar-refractivity contribution is 5.61. The van der Waals surface area contributed by atoms with E-state index in [0.29, 0.717) is 0 Å². The maximum absolute atomic E-state index is 8.36. The molecule has 2 aromatic rings. The van der Waals surface area contributed by atoms with Gasteiger partial charge >= 0.3 is 0 Å². The van der Waals surface area contributed by atoms with Gasteiger partial charge in [-0.25, -0.2) is 0 Å². The third-order valence-electron chi connectivity index (χ3n) is 4.96. The Labute approximate surface area is 166 Å². The summed E-state index contributed by atoms with van der Waals surface area (Å²) >= 11 is 0. The number of anilines is 2. The van der Waals surface area contributed by atoms with Gasteiger partial charge in [0.25, 0.3) is 5.09 Å². The largest absolute Gasteiger partial charge is 0.457 e. The van der Waals surface area contributed by atoms with Crippen molar-refractivity contribution in [3.8, 4) is 11.5 Å². The normalized spacial score (nSPS) is 11.3. The first-order chi connectivity index (χ1) is 13.4. The highest BCUT2D eigenvalue weighted by Crippen LogP contribution is 2.40. The molecule has 2 aromatic carbocycles. The molecule has 7 heteroatoms. The zero-order valence-corrected chi connectivity index (χ0v) is 17.0. The minimum absolute atomic E-state index is 0.946. The van der Waals surface area contributed by atoms with E-state index in [0.717, 1.165) is 44.1 Å². The average Bonchev–Trinajstić information content (AvgIpc) is 2.67. The highest BCUT2D eigenvalue weighted by atomic mass is 16.9. The third kappa shape index (κ3) is 5.06. The van der Waals surface area contributed by atoms with Crippen molar-refractivity contribution in [3.05, 3.63) is 57.6 Å². The van der Waals surface area contributed by atoms with Crippen LogP contribution in [0.1, 0.15) is 38.8 Å². The van der Waals surface area contributed by atoms with Gasteiger partial charge in [0, 0.05) is 56.1 Å². The molecule has 28 heavy (non-hydrogen) atoms. The van der Waals surface area contributed by atoms with Crippen molar-refractivity contribution in [1.29, 1.82) is 0 Å². The Balaban J connectivity index is 0.000000640. The van der Waals surface area contributed by atoms with Crippen LogP contribution in [0.3, 0.4) is 0 Å². The first-order valence-corrected chi connectivity index (χ1v) is 9.70. The van der Waals surface area contributed by atoms with Crippen LogP contribution in [0.2, 0.25) is 0 Å². The van der Waals surface area contributed by atoms with Gasteiger partial charge in [0.2, 0.25) is 0 Å². The molecule has 0 bridgehead atoms. The second kappa shape index (κ2) is 9.82. The van der Waals surface area contributed by atoms with E-state index < -0.39 is 5.09 Å². The molecule has 0 amide bonds. The van der Waals surface area contributed by atoms with Crippen LogP contribution < -0.4 is 14.5 Å². The topological polar surface area (TPSA) is 79.1 Å². The molecule has 1 heterocycles. The van der Waals surface area contributed by atoms with Gasteiger partial charge in [0.1, 0.15) is 11.5 Å². The summed E-state index contributed by atoms with van der Waals surface area (Å²) in [7, 11) is 0. The Hall–Kier alpha value is -2.96. The average molecular weight is 387 g/mol. The van der Waals surface area contributed by atoms with Crippen LogP contribution in [0.4, 0.5) is 11.4 Å². The van der Waals surface area contributed by atoms with E-state index in [1.165, 1.54) is 22.5 Å². The van der Waals surface area contributed by atoms with Crippen molar-refractivity contribution in [2.24, 2.45) is 0 Å². The van der Waals surface area contributed by atoms with Crippen LogP contribution in [-0.4, -0.2) is 36.5 Å². The van der Waals surface area contributed by atoms with Crippen molar-refractivity contribution in [3.63, 3.8) is 0 Å². The number of hydrogen-bond acceptors (Lipinski definition) is 5. The molecule has 0 unspecified atom stereocenters. The molecule has 0 atom stereocenters. The fourth-order valence-electron chi connectivity index (χ4n) is 3.46. The van der Waals surface area contributed by atoms with Crippen LogP contribution >= 0.6 is 0 Å². The monoisotopic (exact) mass is 387 g/mol. The number of benzene rings is 2. The maximum atomic E-state index is 8.36. The number of nitrogens with zero attached hydrogens (tertiary/aromatic N) is 3. The Kier molecular flexibility index (Phi) is 7.49. The van der Waals surface area contributed by atoms with Crippen molar-refractivity contribution < 1.29 is 15.0 Å². The molecule has 152 valence electrons. The lowest BCUT2D eigenvalue weighted by Gasteiger charge is -2.27. The van der Waals surface area contributed by atoms with E-state index in [4.69, 9.17) is 20.1 Å². The van der Waals surface area contributed by atoms with Gasteiger partial charge in [0.15, 0.2) is 0 Å². The van der Waals surface area contributed by atoms with Crippen molar-refractivity contribution in [2.75, 3.05) is 36.0 Å². The summed E-state index contributed by atoms with van der Waals surface area (Å²) in [4.78, 5) is 13.1. The summed E-state index contributed by atoms with van der Waals surface area (Å²) in [6.45, 7) is 12.8. The molecular formula is C21H29N3O4. The molecule has 0 saturated heterocycles. The molecule has 0 aliphatic carbocycles. The zero-order chi connectivity index (χ0) is 20.7. The lowest BCUT2D eigenvalue weighted by molar-refractivity contribution is -0.742. The van der Waals surface area contributed by atoms with Crippen LogP contribution in [0.15, 0.2) is 36.4 Å². The minimum Gasteiger partial charge on any atom is -0.457 e. The molecule has 1 aliphatic heterocycles. The van der Waals surface area contributed by atoms with Gasteiger partial charge in [0.05, 0.1) is 0 Å². The van der Waals surface area contributed by atoms with Crippen LogP contribution in [0.5, 0.6) is 11.5 Å². The summed E-state index contributed by atoms with van der Waals surface area (Å²) in [6.07, 6.45) is 0.946. The van der Waals surface area contributed by atoms with Crippen LogP contribution in [0.25, 0.3) is 0 Å². The van der Waals surface area contributed by atoms with Crippen molar-refractivity contribution >= 4 is 11.4 Å². The van der Waals surface area contributed by atoms with E-state index in [2.05, 4.69) is 73.9 Å². The summed E-state index contributed by atoms with van der Waals surface area (Å²) in [6, 6.07) is 13.2. The van der Waals surface area contributed by atoms with E-state index >= 15 is 0 Å². The van der Waals surface area contributed by atoms with Gasteiger partial charge in [-0.2, -0.15) is 0 Å². The number of fused-ring (bicyclic) bond motifs is 2. The SMILES string of the molecule is CCN(CC)c1ccc2c(c1)Oc1cc(N(CC)CC)ccc1C2.O=[N+]([O-])O. The van der Waals surface area contributed by atoms with Gasteiger partial charge < -0.3 is 19.7 Å². The number of hydrogen-bond donors (Lipinski definition) is 1. The van der Waals surface area contributed by atoms with E-state index in [1.54, 1.807) is 0 Å². The Morgan fingerprint density at radius 1 is 0.893 bits per heavy atom. The lowest BCUT2D eigenvalue weighted by Crippen LogP contribution is -2.22. The van der Waals surface area contributed by atoms with Gasteiger partial charge in [-0.15, -0.1) is 10.1 Å². The second-order valence-corrected chi connectivity index (χ2v) is 6.45. The van der Waals surface area contributed by atoms with E-state index in [-0.39, 0.29) is 0 Å². The number of rotatable bonds is 6. The molecule has 0 fully saturated rings. The zero-order valence-electron chi connectivity index (χ0n) is 17.0. The molecule has 0 radical (unpaired) electrons. The molecule has 1 N–H and O–H groups in total. The van der Waals surface area contributed by atoms with Gasteiger partial charge in [-0.3, -0.25) is 0 Å². The predicted octanol–water partition coefficient (Wildman–Crippen LogP) is 4.73. The summed E-state index contributed by atoms with van der Waals surface area (Å²) < 4.78 is 6.28. The third-order valence-corrected chi connectivity index (χ3v) is 4.96. The summed E-state index contributed by atoms with van der Waals surface area (Å²) in [5.41, 5.74) is 5.02. The Bertz CT molecular complexity index is 739. The van der Waals surface area contributed by atoms with E-state index in [1.807, 2.05) is 0 Å². The van der Waals surface area contributed by atoms with Crippen LogP contribution in [-0.2, 0) is 6.42 Å². The highest BCUT2D eigenvalue weighted by Gasteiger charge is 2.19. The van der Waals surface area contributed by atoms with Crippen LogP contribution in [0, 0.1) is 10.1 Å². The first kappa shape index (κ1) is 21.3. The fraction of sp³-hybridized carbons (Fsp3) is 0.429. The summed E-state index contributed by atoms with van der Waals surface area (Å²) in [5.74, 6) is 2.01. The lowest BCUT2D eigenvalue weighted by atomic mass is 9.99. The van der Waals surface area contributed by atoms with Gasteiger partial charge in [-0.1, -0.05) is 12.1 Å².